The van der Waals surface area contributed by atoms with Crippen LogP contribution in [0.25, 0.3) is 23.2 Å². The average molecular weight is 592 g/mol. The molecule has 1 aliphatic rings. The number of sulfonamides is 1. The molecule has 8 nitrogen and oxygen atoms in total. The summed E-state index contributed by atoms with van der Waals surface area (Å²) in [4.78, 5) is 15.8. The Morgan fingerprint density at radius 1 is 0.950 bits per heavy atom. The zero-order chi connectivity index (χ0) is 29.5. The molecule has 1 amide bonds. The van der Waals surface area contributed by atoms with E-state index in [9.17, 15) is 43.9 Å². The highest BCUT2D eigenvalue weighted by Gasteiger charge is 2.37. The molecule has 3 aromatic rings. The van der Waals surface area contributed by atoms with Crippen molar-refractivity contribution in [1.82, 2.24) is 19.1 Å². The van der Waals surface area contributed by atoms with Gasteiger partial charge in [-0.2, -0.15) is 30.6 Å². The summed E-state index contributed by atoms with van der Waals surface area (Å²) in [6.45, 7) is 0.0331. The quantitative estimate of drug-likeness (QED) is 0.333. The van der Waals surface area contributed by atoms with E-state index >= 15 is 0 Å². The van der Waals surface area contributed by atoms with Gasteiger partial charge in [-0.1, -0.05) is 12.1 Å². The number of alkyl halides is 7. The summed E-state index contributed by atoms with van der Waals surface area (Å²) in [7, 11) is -3.92. The van der Waals surface area contributed by atoms with Gasteiger partial charge in [-0.3, -0.25) is 4.79 Å². The molecule has 1 saturated heterocycles. The third kappa shape index (κ3) is 6.33. The molecule has 0 aliphatic carbocycles. The first-order valence-corrected chi connectivity index (χ1v) is 13.0. The second-order valence-electron chi connectivity index (χ2n) is 8.85. The Bertz CT molecular complexity index is 1510. The summed E-state index contributed by atoms with van der Waals surface area (Å²) in [5, 5.41) is 3.85. The first-order valence-electron chi connectivity index (χ1n) is 11.5. The molecule has 2 heterocycles. The first kappa shape index (κ1) is 29.2. The van der Waals surface area contributed by atoms with Gasteiger partial charge in [-0.05, 0) is 48.7 Å². The Morgan fingerprint density at radius 3 is 2.00 bits per heavy atom. The number of aromatic nitrogens is 3. The van der Waals surface area contributed by atoms with Gasteiger partial charge in [0.2, 0.25) is 10.0 Å². The molecule has 4 rings (SSSR count). The van der Waals surface area contributed by atoms with E-state index in [2.05, 4.69) is 10.1 Å². The van der Waals surface area contributed by atoms with Crippen LogP contribution in [0.4, 0.5) is 30.7 Å². The molecular weight excluding hydrogens is 571 g/mol. The molecular formula is C24H20F7N5O3S. The number of halogens is 7. The molecule has 1 fully saturated rings. The van der Waals surface area contributed by atoms with E-state index in [-0.39, 0.29) is 48.0 Å². The number of benzene rings is 2. The number of nitrogens with two attached hydrogens (primary N) is 1. The lowest BCUT2D eigenvalue weighted by atomic mass is 10.0. The second-order valence-corrected chi connectivity index (χ2v) is 10.8. The van der Waals surface area contributed by atoms with E-state index in [1.165, 1.54) is 24.3 Å². The predicted octanol–water partition coefficient (Wildman–Crippen LogP) is 4.59. The van der Waals surface area contributed by atoms with E-state index in [1.807, 2.05) is 0 Å². The summed E-state index contributed by atoms with van der Waals surface area (Å²) in [5.74, 6) is -1.48. The molecule has 2 aromatic carbocycles. The minimum atomic E-state index is -5.07. The van der Waals surface area contributed by atoms with Gasteiger partial charge in [-0.15, -0.1) is 5.10 Å². The van der Waals surface area contributed by atoms with Gasteiger partial charge in [0.25, 0.3) is 5.91 Å². The largest absolute Gasteiger partial charge is 0.416 e. The fourth-order valence-electron chi connectivity index (χ4n) is 3.99. The molecule has 0 bridgehead atoms. The summed E-state index contributed by atoms with van der Waals surface area (Å²) in [5.41, 5.74) is 1.71. The maximum absolute atomic E-state index is 13.4. The SMILES string of the molecule is NC(=O)/C(=C/n1cnc(-c2cc(C(F)(F)F)cc(C(F)(F)F)c2)n1)c1ccc(S(=O)(=O)N2CCC(F)CC2)cc1. The molecule has 16 heteroatoms. The van der Waals surface area contributed by atoms with Crippen LogP contribution in [0.5, 0.6) is 0 Å². The average Bonchev–Trinajstić information content (AvgIpc) is 3.35. The third-order valence-electron chi connectivity index (χ3n) is 6.07. The second kappa shape index (κ2) is 10.6. The van der Waals surface area contributed by atoms with Crippen LogP contribution in [0.3, 0.4) is 0 Å². The topological polar surface area (TPSA) is 111 Å². The Balaban J connectivity index is 1.64. The standard InChI is InChI=1S/C24H20F7N5O3S/c25-18-5-7-36(8-6-18)40(38,39)19-3-1-14(2-4-19)20(21(32)37)12-35-13-33-22(34-35)15-9-16(23(26,27)28)11-17(10-15)24(29,30)31/h1-4,9-13,18H,5-8H2,(H2,32,37)/b20-12+. The molecule has 2 N–H and O–H groups in total. The normalized spacial score (nSPS) is 16.3. The number of hydrogen-bond donors (Lipinski definition) is 1. The Kier molecular flexibility index (Phi) is 7.77. The zero-order valence-corrected chi connectivity index (χ0v) is 21.1. The fourth-order valence-corrected chi connectivity index (χ4v) is 5.46. The highest BCUT2D eigenvalue weighted by Crippen LogP contribution is 2.38. The summed E-state index contributed by atoms with van der Waals surface area (Å²) < 4.78 is 120. The van der Waals surface area contributed by atoms with Crippen LogP contribution in [0.2, 0.25) is 0 Å². The summed E-state index contributed by atoms with van der Waals surface area (Å²) in [6, 6.07) is 5.90. The fraction of sp³-hybridized carbons (Fsp3) is 0.292. The number of nitrogens with zero attached hydrogens (tertiary/aromatic N) is 4. The van der Waals surface area contributed by atoms with Gasteiger partial charge in [0.15, 0.2) is 5.82 Å². The van der Waals surface area contributed by atoms with Crippen molar-refractivity contribution in [1.29, 1.82) is 0 Å². The smallest absolute Gasteiger partial charge is 0.366 e. The lowest BCUT2D eigenvalue weighted by Crippen LogP contribution is -2.38. The first-order chi connectivity index (χ1) is 18.6. The molecule has 1 aromatic heterocycles. The number of rotatable bonds is 6. The predicted molar refractivity (Wildman–Crippen MR) is 128 cm³/mol. The Morgan fingerprint density at radius 2 is 1.50 bits per heavy atom. The van der Waals surface area contributed by atoms with Gasteiger partial charge in [0, 0.05) is 24.9 Å². The van der Waals surface area contributed by atoms with Crippen molar-refractivity contribution in [2.75, 3.05) is 13.1 Å². The molecule has 40 heavy (non-hydrogen) atoms. The highest BCUT2D eigenvalue weighted by atomic mass is 32.2. The number of amides is 1. The minimum Gasteiger partial charge on any atom is -0.366 e. The van der Waals surface area contributed by atoms with Crippen molar-refractivity contribution in [3.63, 3.8) is 0 Å². The van der Waals surface area contributed by atoms with Crippen molar-refractivity contribution < 1.29 is 43.9 Å². The van der Waals surface area contributed by atoms with Crippen LogP contribution in [0.15, 0.2) is 53.7 Å². The van der Waals surface area contributed by atoms with Crippen LogP contribution >= 0.6 is 0 Å². The van der Waals surface area contributed by atoms with Crippen molar-refractivity contribution in [3.8, 4) is 11.4 Å². The third-order valence-corrected chi connectivity index (χ3v) is 7.98. The molecule has 0 spiro atoms. The van der Waals surface area contributed by atoms with Gasteiger partial charge in [0.1, 0.15) is 12.5 Å². The molecule has 0 unspecified atom stereocenters. The van der Waals surface area contributed by atoms with Crippen LogP contribution in [0.1, 0.15) is 29.5 Å². The highest BCUT2D eigenvalue weighted by molar-refractivity contribution is 7.89. The molecule has 1 aliphatic heterocycles. The van der Waals surface area contributed by atoms with Crippen molar-refractivity contribution in [2.24, 2.45) is 5.73 Å². The lowest BCUT2D eigenvalue weighted by molar-refractivity contribution is -0.143. The van der Waals surface area contributed by atoms with Crippen molar-refractivity contribution in [3.05, 3.63) is 65.5 Å². The Hall–Kier alpha value is -3.79. The van der Waals surface area contributed by atoms with E-state index in [0.717, 1.165) is 21.5 Å². The zero-order valence-electron chi connectivity index (χ0n) is 20.2. The number of carbonyl (C=O) groups is 1. The minimum absolute atomic E-state index is 0.0165. The monoisotopic (exact) mass is 591 g/mol. The van der Waals surface area contributed by atoms with Crippen molar-refractivity contribution >= 4 is 27.7 Å². The maximum atomic E-state index is 13.4. The van der Waals surface area contributed by atoms with E-state index in [0.29, 0.717) is 12.1 Å². The number of piperidine rings is 1. The summed E-state index contributed by atoms with van der Waals surface area (Å²) in [6.07, 6.45) is -9.09. The van der Waals surface area contributed by atoms with Gasteiger partial charge in [0.05, 0.1) is 21.6 Å². The number of primary amides is 1. The van der Waals surface area contributed by atoms with Gasteiger partial charge >= 0.3 is 12.4 Å². The van der Waals surface area contributed by atoms with E-state index in [1.54, 1.807) is 0 Å². The van der Waals surface area contributed by atoms with Crippen molar-refractivity contribution in [2.45, 2.75) is 36.3 Å². The van der Waals surface area contributed by atoms with E-state index in [4.69, 9.17) is 5.73 Å². The maximum Gasteiger partial charge on any atom is 0.416 e. The molecule has 214 valence electrons. The van der Waals surface area contributed by atoms with Crippen LogP contribution in [0, 0.1) is 0 Å². The summed E-state index contributed by atoms with van der Waals surface area (Å²) >= 11 is 0. The van der Waals surface area contributed by atoms with Crippen LogP contribution < -0.4 is 5.73 Å². The lowest BCUT2D eigenvalue weighted by Gasteiger charge is -2.27. The molecule has 0 radical (unpaired) electrons. The number of carbonyl (C=O) groups excluding carboxylic acids is 1. The van der Waals surface area contributed by atoms with Gasteiger partial charge < -0.3 is 5.73 Å². The number of hydrogen-bond acceptors (Lipinski definition) is 5. The van der Waals surface area contributed by atoms with E-state index < -0.39 is 57.0 Å². The van der Waals surface area contributed by atoms with Gasteiger partial charge in [-0.25, -0.2) is 22.5 Å². The van der Waals surface area contributed by atoms with Crippen LogP contribution in [-0.4, -0.2) is 52.7 Å². The Labute approximate surface area is 223 Å². The van der Waals surface area contributed by atoms with Crippen LogP contribution in [-0.2, 0) is 27.2 Å². The molecule has 0 saturated carbocycles. The molecule has 0 atom stereocenters.